The second-order valence-corrected chi connectivity index (χ2v) is 7.56. The van der Waals surface area contributed by atoms with Gasteiger partial charge in [-0.3, -0.25) is 4.79 Å². The molecule has 1 amide bonds. The maximum Gasteiger partial charge on any atom is 0.227 e. The number of nitrogens with one attached hydrogen (secondary N) is 1. The number of ether oxygens (including phenoxy) is 3. The first-order valence-electron chi connectivity index (χ1n) is 10.5. The fraction of sp³-hybridized carbons (Fsp3) is 0.240. The third-order valence-electron chi connectivity index (χ3n) is 4.83. The fourth-order valence-corrected chi connectivity index (χ4v) is 3.27. The number of nitrogens with zero attached hydrogens (tertiary/aromatic N) is 2. The number of amides is 1. The van der Waals surface area contributed by atoms with Crippen LogP contribution in [0.3, 0.4) is 0 Å². The number of carbonyl (C=O) groups excluding carboxylic acids is 1. The van der Waals surface area contributed by atoms with Gasteiger partial charge in [-0.2, -0.15) is 0 Å². The number of benzene rings is 2. The van der Waals surface area contributed by atoms with Crippen molar-refractivity contribution in [1.29, 1.82) is 0 Å². The van der Waals surface area contributed by atoms with Gasteiger partial charge in [0.05, 0.1) is 19.3 Å². The van der Waals surface area contributed by atoms with Crippen LogP contribution in [-0.4, -0.2) is 35.6 Å². The third-order valence-corrected chi connectivity index (χ3v) is 4.83. The van der Waals surface area contributed by atoms with Crippen LogP contribution in [0.2, 0.25) is 0 Å². The Balaban J connectivity index is 1.49. The lowest BCUT2D eigenvalue weighted by Gasteiger charge is -2.12. The summed E-state index contributed by atoms with van der Waals surface area (Å²) < 4.78 is 23.0. The Kier molecular flexibility index (Phi) is 6.73. The molecule has 8 heteroatoms. The molecule has 170 valence electrons. The number of carbonyl (C=O) groups is 1. The summed E-state index contributed by atoms with van der Waals surface area (Å²) in [6.45, 7) is 4.05. The predicted octanol–water partition coefficient (Wildman–Crippen LogP) is 4.38. The molecule has 4 rings (SSSR count). The maximum atomic E-state index is 11.1. The van der Waals surface area contributed by atoms with Gasteiger partial charge in [-0.1, -0.05) is 30.3 Å². The van der Waals surface area contributed by atoms with Crippen LogP contribution < -0.4 is 19.5 Å². The molecule has 1 atom stereocenters. The molecule has 8 nitrogen and oxygen atoms in total. The Labute approximate surface area is 191 Å². The lowest BCUT2D eigenvalue weighted by Crippen LogP contribution is -2.35. The zero-order valence-corrected chi connectivity index (χ0v) is 18.7. The number of hydrogen-bond acceptors (Lipinski definition) is 7. The van der Waals surface area contributed by atoms with Gasteiger partial charge in [0, 0.05) is 18.6 Å². The highest BCUT2D eigenvalue weighted by Crippen LogP contribution is 2.34. The number of hydrogen-bond donors (Lipinski definition) is 1. The number of oxazole rings is 1. The van der Waals surface area contributed by atoms with Crippen molar-refractivity contribution in [3.63, 3.8) is 0 Å². The van der Waals surface area contributed by atoms with Gasteiger partial charge in [0.1, 0.15) is 18.7 Å². The Morgan fingerprint density at radius 3 is 2.67 bits per heavy atom. The molecule has 4 aromatic rings. The number of methoxy groups -OCH3 is 1. The fourth-order valence-electron chi connectivity index (χ4n) is 3.27. The van der Waals surface area contributed by atoms with E-state index in [0.29, 0.717) is 47.6 Å². The van der Waals surface area contributed by atoms with E-state index >= 15 is 0 Å². The van der Waals surface area contributed by atoms with E-state index < -0.39 is 0 Å². The number of pyridine rings is 1. The molecule has 2 aromatic carbocycles. The summed E-state index contributed by atoms with van der Waals surface area (Å²) in [5, 5.41) is 2.76. The molecule has 0 radical (unpaired) electrons. The highest BCUT2D eigenvalue weighted by Gasteiger charge is 2.14. The van der Waals surface area contributed by atoms with Crippen molar-refractivity contribution in [2.75, 3.05) is 13.7 Å². The van der Waals surface area contributed by atoms with Gasteiger partial charge in [-0.25, -0.2) is 9.97 Å². The number of aromatic nitrogens is 2. The quantitative estimate of drug-likeness (QED) is 0.407. The van der Waals surface area contributed by atoms with E-state index in [9.17, 15) is 4.79 Å². The van der Waals surface area contributed by atoms with E-state index in [2.05, 4.69) is 15.3 Å². The third kappa shape index (κ3) is 5.60. The van der Waals surface area contributed by atoms with Crippen molar-refractivity contribution < 1.29 is 23.4 Å². The molecule has 0 spiro atoms. The summed E-state index contributed by atoms with van der Waals surface area (Å²) >= 11 is 0. The molecule has 1 N–H and O–H groups in total. The van der Waals surface area contributed by atoms with Crippen LogP contribution in [0.1, 0.15) is 19.4 Å². The topological polar surface area (TPSA) is 95.7 Å². The van der Waals surface area contributed by atoms with Crippen molar-refractivity contribution in [2.45, 2.75) is 26.5 Å². The summed E-state index contributed by atoms with van der Waals surface area (Å²) in [5.74, 6) is 1.93. The van der Waals surface area contributed by atoms with Gasteiger partial charge in [0.25, 0.3) is 0 Å². The first kappa shape index (κ1) is 22.1. The summed E-state index contributed by atoms with van der Waals surface area (Å²) in [6.07, 6.45) is 1.59. The molecule has 0 fully saturated rings. The van der Waals surface area contributed by atoms with Gasteiger partial charge in [0.15, 0.2) is 17.1 Å². The molecule has 0 aliphatic heterocycles. The minimum Gasteiger partial charge on any atom is -0.493 e. The Morgan fingerprint density at radius 2 is 1.91 bits per heavy atom. The first-order chi connectivity index (χ1) is 16.0. The molecule has 0 unspecified atom stereocenters. The SMILES string of the molecule is COc1cc(-c2nc3cnc(OC[C@H](C)NC(C)=O)cc3o2)ccc1OCc1ccccc1. The Morgan fingerprint density at radius 1 is 1.09 bits per heavy atom. The second kappa shape index (κ2) is 10.0. The second-order valence-electron chi connectivity index (χ2n) is 7.56. The molecule has 2 heterocycles. The van der Waals surface area contributed by atoms with Gasteiger partial charge in [-0.15, -0.1) is 0 Å². The van der Waals surface area contributed by atoms with Crippen LogP contribution in [0.5, 0.6) is 17.4 Å². The Bertz CT molecular complexity index is 1240. The van der Waals surface area contributed by atoms with Crippen molar-refractivity contribution in [3.05, 3.63) is 66.4 Å². The van der Waals surface area contributed by atoms with Crippen LogP contribution in [0.15, 0.2) is 65.2 Å². The lowest BCUT2D eigenvalue weighted by molar-refractivity contribution is -0.119. The highest BCUT2D eigenvalue weighted by molar-refractivity contribution is 5.76. The molecule has 33 heavy (non-hydrogen) atoms. The van der Waals surface area contributed by atoms with Crippen LogP contribution in [0, 0.1) is 0 Å². The zero-order valence-electron chi connectivity index (χ0n) is 18.7. The van der Waals surface area contributed by atoms with Gasteiger partial charge in [-0.05, 0) is 30.7 Å². The van der Waals surface area contributed by atoms with Crippen molar-refractivity contribution in [2.24, 2.45) is 0 Å². The van der Waals surface area contributed by atoms with Crippen LogP contribution in [0.25, 0.3) is 22.6 Å². The monoisotopic (exact) mass is 447 g/mol. The Hall–Kier alpha value is -4.07. The minimum absolute atomic E-state index is 0.110. The molecular weight excluding hydrogens is 422 g/mol. The normalized spacial score (nSPS) is 11.7. The lowest BCUT2D eigenvalue weighted by atomic mass is 10.2. The van der Waals surface area contributed by atoms with Gasteiger partial charge in [0.2, 0.25) is 17.7 Å². The predicted molar refractivity (Wildman–Crippen MR) is 123 cm³/mol. The zero-order chi connectivity index (χ0) is 23.2. The smallest absolute Gasteiger partial charge is 0.227 e. The minimum atomic E-state index is -0.139. The van der Waals surface area contributed by atoms with Crippen molar-refractivity contribution in [3.8, 4) is 28.8 Å². The average molecular weight is 447 g/mol. The number of fused-ring (bicyclic) bond motifs is 1. The maximum absolute atomic E-state index is 11.1. The summed E-state index contributed by atoms with van der Waals surface area (Å²) in [6, 6.07) is 17.0. The summed E-state index contributed by atoms with van der Waals surface area (Å²) in [7, 11) is 1.59. The van der Waals surface area contributed by atoms with Crippen LogP contribution in [-0.2, 0) is 11.4 Å². The molecule has 0 aliphatic rings. The summed E-state index contributed by atoms with van der Waals surface area (Å²) in [4.78, 5) is 19.9. The molecular formula is C25H25N3O5. The average Bonchev–Trinajstić information content (AvgIpc) is 3.25. The van der Waals surface area contributed by atoms with Crippen molar-refractivity contribution >= 4 is 17.0 Å². The first-order valence-corrected chi connectivity index (χ1v) is 10.5. The van der Waals surface area contributed by atoms with Crippen molar-refractivity contribution in [1.82, 2.24) is 15.3 Å². The van der Waals surface area contributed by atoms with E-state index in [0.717, 1.165) is 11.1 Å². The van der Waals surface area contributed by atoms with E-state index in [1.807, 2.05) is 55.5 Å². The molecule has 0 bridgehead atoms. The van der Waals surface area contributed by atoms with E-state index in [1.165, 1.54) is 6.92 Å². The number of rotatable bonds is 9. The van der Waals surface area contributed by atoms with Gasteiger partial charge < -0.3 is 23.9 Å². The highest BCUT2D eigenvalue weighted by atomic mass is 16.5. The van der Waals surface area contributed by atoms with E-state index in [4.69, 9.17) is 18.6 Å². The van der Waals surface area contributed by atoms with E-state index in [1.54, 1.807) is 19.4 Å². The molecule has 0 saturated heterocycles. The molecule has 2 aromatic heterocycles. The van der Waals surface area contributed by atoms with E-state index in [-0.39, 0.29) is 11.9 Å². The molecule has 0 saturated carbocycles. The largest absolute Gasteiger partial charge is 0.493 e. The van der Waals surface area contributed by atoms with Gasteiger partial charge >= 0.3 is 0 Å². The summed E-state index contributed by atoms with van der Waals surface area (Å²) in [5.41, 5.74) is 2.97. The van der Waals surface area contributed by atoms with Crippen LogP contribution in [0.4, 0.5) is 0 Å². The standard InChI is InChI=1S/C25H25N3O5/c1-16(27-17(2)29)14-32-24-12-22-20(13-26-24)28-25(33-22)19-9-10-21(23(11-19)30-3)31-15-18-7-5-4-6-8-18/h4-13,16H,14-15H2,1-3H3,(H,27,29)/t16-/m0/s1. The van der Waals surface area contributed by atoms with Crippen LogP contribution >= 0.6 is 0 Å². The molecule has 0 aliphatic carbocycles.